The first-order valence-electron chi connectivity index (χ1n) is 37.3. The molecule has 4 unspecified atom stereocenters. The summed E-state index contributed by atoms with van der Waals surface area (Å²) in [6, 6.07) is 48.4. The predicted octanol–water partition coefficient (Wildman–Crippen LogP) is 25.5. The van der Waals surface area contributed by atoms with E-state index in [2.05, 4.69) is 279 Å². The van der Waals surface area contributed by atoms with Gasteiger partial charge in [0.1, 0.15) is 0 Å². The Morgan fingerprint density at radius 1 is 0.384 bits per heavy atom. The number of fused-ring (bicyclic) bond motifs is 12. The number of halogens is 4. The van der Waals surface area contributed by atoms with Gasteiger partial charge in [-0.1, -0.05) is 231 Å². The van der Waals surface area contributed by atoms with Crippen LogP contribution in [-0.2, 0) is 43.3 Å². The molecule has 0 spiro atoms. The zero-order chi connectivity index (χ0) is 70.8. The molecule has 516 valence electrons. The van der Waals surface area contributed by atoms with E-state index in [9.17, 15) is 0 Å². The van der Waals surface area contributed by atoms with Crippen LogP contribution in [0.5, 0.6) is 0 Å². The minimum Gasteiger partial charge on any atom is -0.335 e. The van der Waals surface area contributed by atoms with E-state index >= 15 is 0 Å². The third kappa shape index (κ3) is 10.4. The lowest BCUT2D eigenvalue weighted by atomic mass is 9.33. The molecule has 4 aliphatic carbocycles. The maximum atomic E-state index is 7.31. The van der Waals surface area contributed by atoms with Crippen molar-refractivity contribution in [3.05, 3.63) is 203 Å². The van der Waals surface area contributed by atoms with Crippen LogP contribution in [0.3, 0.4) is 0 Å². The molecular weight excluding hydrogens is 1290 g/mol. The van der Waals surface area contributed by atoms with Gasteiger partial charge < -0.3 is 19.6 Å². The second-order valence-electron chi connectivity index (χ2n) is 37.2. The van der Waals surface area contributed by atoms with Gasteiger partial charge in [-0.3, -0.25) is 0 Å². The molecule has 0 aromatic heterocycles. The van der Waals surface area contributed by atoms with Gasteiger partial charge in [-0.2, -0.15) is 0 Å². The second-order valence-corrected chi connectivity index (χ2v) is 39.0. The number of nitrogens with zero attached hydrogens (tertiary/aromatic N) is 4. The van der Waals surface area contributed by atoms with E-state index in [4.69, 9.17) is 46.4 Å². The van der Waals surface area contributed by atoms with E-state index in [0.29, 0.717) is 0 Å². The number of hydrogen-bond acceptors (Lipinski definition) is 4. The third-order valence-electron chi connectivity index (χ3n) is 27.1. The lowest BCUT2D eigenvalue weighted by Gasteiger charge is -2.53. The Kier molecular flexibility index (Phi) is 15.9. The Balaban J connectivity index is 0.000000161. The molecule has 9 heteroatoms. The molecule has 0 bridgehead atoms. The largest absolute Gasteiger partial charge is 0.335 e. The molecule has 0 saturated heterocycles. The summed E-state index contributed by atoms with van der Waals surface area (Å²) in [5, 5.41) is 3.00. The van der Waals surface area contributed by atoms with Gasteiger partial charge in [0.25, 0.3) is 6.71 Å². The quantitative estimate of drug-likeness (QED) is 0.159. The van der Waals surface area contributed by atoms with Crippen LogP contribution in [0, 0.1) is 13.8 Å². The van der Waals surface area contributed by atoms with Crippen molar-refractivity contribution in [2.45, 2.75) is 270 Å². The first-order valence-corrected chi connectivity index (χ1v) is 38.8. The highest BCUT2D eigenvalue weighted by atomic mass is 35.5. The lowest BCUT2D eigenvalue weighted by molar-refractivity contribution is 0.195. The monoisotopic (exact) mass is 1390 g/mol. The van der Waals surface area contributed by atoms with Crippen molar-refractivity contribution in [3.8, 4) is 0 Å². The molecule has 8 aromatic rings. The van der Waals surface area contributed by atoms with Gasteiger partial charge in [-0.25, -0.2) is 0 Å². The molecule has 2 fully saturated rings. The smallest absolute Gasteiger partial charge is 0.252 e. The van der Waals surface area contributed by atoms with Crippen LogP contribution in [0.4, 0.5) is 56.9 Å². The van der Waals surface area contributed by atoms with E-state index < -0.39 is 0 Å². The minimum absolute atomic E-state index is 0.0217. The molecular formula is C90H105BCl4N4. The van der Waals surface area contributed by atoms with Crippen LogP contribution >= 0.6 is 46.4 Å². The van der Waals surface area contributed by atoms with Gasteiger partial charge in [0, 0.05) is 87.8 Å². The molecule has 99 heavy (non-hydrogen) atoms. The highest BCUT2D eigenvalue weighted by molar-refractivity contribution is 7.00. The van der Waals surface area contributed by atoms with Gasteiger partial charge in [-0.15, -0.1) is 0 Å². The molecule has 4 heterocycles. The molecule has 0 amide bonds. The van der Waals surface area contributed by atoms with E-state index in [1.54, 1.807) is 0 Å². The summed E-state index contributed by atoms with van der Waals surface area (Å²) in [5.41, 5.74) is 30.8. The van der Waals surface area contributed by atoms with Crippen LogP contribution in [0.2, 0.25) is 20.1 Å². The molecule has 2 saturated carbocycles. The Labute approximate surface area is 614 Å². The summed E-state index contributed by atoms with van der Waals surface area (Å²) in [5.74, 6) is 0. The van der Waals surface area contributed by atoms with Gasteiger partial charge in [-0.05, 0) is 262 Å². The third-order valence-corrected chi connectivity index (χ3v) is 28.0. The standard InChI is InChI=1S/C45H51BCl2N2.C45H54Cl2N2/c1-26-19-30-31(43(7,8)18-17-42(30,5)6)25-35(26)49-36-22-28(47)13-14-33(36)46-34-21-27(41(2,3)4)20-32-40(34)50(38-24-29(48)23-37(49)39(38)46)45(10)16-12-11-15-44(32,45)9;1-29-22-36-37(43(7,8)21-20-42(36,5)6)28-40(29)48(33-15-13-14-31(46)24-33)34-25-32(47)26-35(27-34)49-39-17-16-30(41(2,3)4)23-38(39)44(9)18-11-12-19-45(44,49)10/h13-14,19-25H,11-12,15-18H2,1-10H3;13-17,22-28H,11-12,18-21H2,1-10H3. The van der Waals surface area contributed by atoms with Crippen molar-refractivity contribution in [3.63, 3.8) is 0 Å². The molecule has 4 aliphatic heterocycles. The zero-order valence-corrected chi connectivity index (χ0v) is 66.0. The molecule has 8 aromatic carbocycles. The van der Waals surface area contributed by atoms with Crippen molar-refractivity contribution < 1.29 is 0 Å². The topological polar surface area (TPSA) is 13.0 Å². The zero-order valence-electron chi connectivity index (χ0n) is 63.0. The van der Waals surface area contributed by atoms with E-state index in [-0.39, 0.29) is 61.1 Å². The number of benzene rings is 8. The van der Waals surface area contributed by atoms with E-state index in [1.807, 2.05) is 6.07 Å². The lowest BCUT2D eigenvalue weighted by Crippen LogP contribution is -2.64. The second kappa shape index (κ2) is 22.8. The number of rotatable bonds is 5. The van der Waals surface area contributed by atoms with Gasteiger partial charge in [0.15, 0.2) is 0 Å². The number of hydrogen-bond donors (Lipinski definition) is 0. The fraction of sp³-hybridized carbons (Fsp3) is 0.467. The fourth-order valence-corrected chi connectivity index (χ4v) is 21.1. The number of anilines is 10. The molecule has 0 radical (unpaired) electrons. The van der Waals surface area contributed by atoms with Crippen molar-refractivity contribution in [2.75, 3.05) is 19.6 Å². The summed E-state index contributed by atoms with van der Waals surface area (Å²) in [6.07, 6.45) is 14.4. The predicted molar refractivity (Wildman–Crippen MR) is 430 cm³/mol. The van der Waals surface area contributed by atoms with E-state index in [1.165, 1.54) is 170 Å². The maximum Gasteiger partial charge on any atom is 0.252 e. The molecule has 0 N–H and O–H groups in total. The normalized spacial score (nSPS) is 24.5. The van der Waals surface area contributed by atoms with Gasteiger partial charge >= 0.3 is 0 Å². The van der Waals surface area contributed by atoms with Crippen LogP contribution in [-0.4, -0.2) is 17.8 Å². The van der Waals surface area contributed by atoms with Crippen molar-refractivity contribution >= 4 is 126 Å². The molecule has 16 rings (SSSR count). The Morgan fingerprint density at radius 3 is 1.52 bits per heavy atom. The Bertz CT molecular complexity index is 4690. The molecule has 4 atom stereocenters. The number of aryl methyl sites for hydroxylation is 2. The minimum atomic E-state index is -0.0791. The fourth-order valence-electron chi connectivity index (χ4n) is 20.3. The summed E-state index contributed by atoms with van der Waals surface area (Å²) in [7, 11) is 0. The highest BCUT2D eigenvalue weighted by Gasteiger charge is 2.62. The van der Waals surface area contributed by atoms with Crippen molar-refractivity contribution in [1.29, 1.82) is 0 Å². The average molecular weight is 1400 g/mol. The average Bonchev–Trinajstić information content (AvgIpc) is 1.53. The molecule has 8 aliphatic rings. The summed E-state index contributed by atoms with van der Waals surface area (Å²) in [4.78, 5) is 10.3. The highest BCUT2D eigenvalue weighted by Crippen LogP contribution is 2.65. The van der Waals surface area contributed by atoms with Gasteiger partial charge in [0.05, 0.1) is 11.1 Å². The van der Waals surface area contributed by atoms with Gasteiger partial charge in [0.2, 0.25) is 0 Å². The summed E-state index contributed by atoms with van der Waals surface area (Å²) >= 11 is 28.2. The first-order chi connectivity index (χ1) is 46.2. The van der Waals surface area contributed by atoms with Crippen LogP contribution < -0.4 is 36.0 Å². The van der Waals surface area contributed by atoms with Crippen LogP contribution in [0.15, 0.2) is 127 Å². The SMILES string of the molecule is Cc1cc2c(cc1N(c1cccc(Cl)c1)c1cc(Cl)cc(N3c4ccc(C(C)(C)C)cc4C4(C)CCCCC34C)c1)C(C)(C)CCC2(C)C.Cc1cc2c(cc1N1c3cc(Cl)ccc3B3c4cc(C(C)(C)C)cc5c4N(c4cc(Cl)cc1c43)C1(C)CCCCC51C)C(C)(C)CCC2(C)C. The van der Waals surface area contributed by atoms with Crippen LogP contribution in [0.25, 0.3) is 0 Å². The first kappa shape index (κ1) is 68.9. The molecule has 4 nitrogen and oxygen atoms in total. The summed E-state index contributed by atoms with van der Waals surface area (Å²) in [6.45, 7) is 48.1. The summed E-state index contributed by atoms with van der Waals surface area (Å²) < 4.78 is 0. The van der Waals surface area contributed by atoms with E-state index in [0.717, 1.165) is 55.7 Å². The Morgan fingerprint density at radius 2 is 0.899 bits per heavy atom. The van der Waals surface area contributed by atoms with Crippen molar-refractivity contribution in [1.82, 2.24) is 0 Å². The van der Waals surface area contributed by atoms with Crippen molar-refractivity contribution in [2.24, 2.45) is 0 Å². The maximum absolute atomic E-state index is 7.31. The van der Waals surface area contributed by atoms with Crippen LogP contribution in [0.1, 0.15) is 257 Å². The Hall–Kier alpha value is -5.82.